The average molecular weight is 307 g/mol. The molecular weight excluding hydrogens is 290 g/mol. The lowest BCUT2D eigenvalue weighted by Crippen LogP contribution is -2.04. The van der Waals surface area contributed by atoms with Crippen molar-refractivity contribution in [2.75, 3.05) is 14.2 Å². The lowest BCUT2D eigenvalue weighted by atomic mass is 9.98. The number of nitriles is 1. The number of Topliss-reactive ketones (excluding diaryl/α,β-unsaturated/α-hetero) is 1. The first-order valence-corrected chi connectivity index (χ1v) is 7.05. The van der Waals surface area contributed by atoms with Crippen LogP contribution >= 0.6 is 0 Å². The fraction of sp³-hybridized carbons (Fsp3) is 0.158. The molecule has 0 aliphatic heterocycles. The highest BCUT2D eigenvalue weighted by atomic mass is 16.5. The number of ketones is 1. The summed E-state index contributed by atoms with van der Waals surface area (Å²) in [5.74, 6) is 0.876. The first-order chi connectivity index (χ1) is 11.1. The second-order valence-corrected chi connectivity index (χ2v) is 4.92. The minimum atomic E-state index is -0.302. The summed E-state index contributed by atoms with van der Waals surface area (Å²) in [5, 5.41) is 9.37. The summed E-state index contributed by atoms with van der Waals surface area (Å²) >= 11 is 0. The van der Waals surface area contributed by atoms with Crippen LogP contribution in [0.25, 0.3) is 6.08 Å². The second-order valence-electron chi connectivity index (χ2n) is 4.92. The molecule has 0 bridgehead atoms. The first-order valence-electron chi connectivity index (χ1n) is 7.05. The van der Waals surface area contributed by atoms with E-state index in [2.05, 4.69) is 0 Å². The third-order valence-corrected chi connectivity index (χ3v) is 3.50. The van der Waals surface area contributed by atoms with Gasteiger partial charge >= 0.3 is 0 Å². The van der Waals surface area contributed by atoms with E-state index in [0.29, 0.717) is 22.6 Å². The number of hydrogen-bond acceptors (Lipinski definition) is 4. The predicted octanol–water partition coefficient (Wildman–Crippen LogP) is 3.80. The molecule has 0 saturated heterocycles. The Morgan fingerprint density at radius 1 is 1.13 bits per heavy atom. The number of ether oxygens (including phenoxy) is 2. The second kappa shape index (κ2) is 7.28. The van der Waals surface area contributed by atoms with Gasteiger partial charge in [-0.1, -0.05) is 24.3 Å². The third kappa shape index (κ3) is 3.58. The van der Waals surface area contributed by atoms with E-state index in [9.17, 15) is 10.1 Å². The number of methoxy groups -OCH3 is 2. The van der Waals surface area contributed by atoms with Crippen molar-refractivity contribution in [2.45, 2.75) is 6.92 Å². The van der Waals surface area contributed by atoms with Gasteiger partial charge < -0.3 is 9.47 Å². The summed E-state index contributed by atoms with van der Waals surface area (Å²) in [6, 6.07) is 14.4. The van der Waals surface area contributed by atoms with Crippen molar-refractivity contribution < 1.29 is 14.3 Å². The molecule has 2 aromatic carbocycles. The van der Waals surface area contributed by atoms with Gasteiger partial charge in [0, 0.05) is 17.2 Å². The van der Waals surface area contributed by atoms with E-state index in [0.717, 1.165) is 5.56 Å². The van der Waals surface area contributed by atoms with Crippen LogP contribution in [0.2, 0.25) is 0 Å². The van der Waals surface area contributed by atoms with E-state index < -0.39 is 0 Å². The Kier molecular flexibility index (Phi) is 5.16. The zero-order chi connectivity index (χ0) is 16.8. The molecule has 0 fully saturated rings. The molecule has 0 saturated carbocycles. The number of aryl methyl sites for hydroxylation is 1. The number of hydrogen-bond donors (Lipinski definition) is 0. The molecule has 0 spiro atoms. The van der Waals surface area contributed by atoms with E-state index in [-0.39, 0.29) is 11.4 Å². The standard InChI is InChI=1S/C19H17NO3/c1-13-6-4-5-7-17(13)19(21)15(12-20)10-14-8-9-16(22-2)11-18(14)23-3/h4-11H,1-3H3/b15-10+. The van der Waals surface area contributed by atoms with Gasteiger partial charge in [-0.15, -0.1) is 0 Å². The van der Waals surface area contributed by atoms with Gasteiger partial charge in [-0.25, -0.2) is 0 Å². The van der Waals surface area contributed by atoms with Gasteiger partial charge in [0.05, 0.1) is 14.2 Å². The molecule has 0 aromatic heterocycles. The quantitative estimate of drug-likeness (QED) is 0.479. The van der Waals surface area contributed by atoms with Crippen LogP contribution in [0.1, 0.15) is 21.5 Å². The molecule has 0 unspecified atom stereocenters. The average Bonchev–Trinajstić information content (AvgIpc) is 2.59. The summed E-state index contributed by atoms with van der Waals surface area (Å²) in [6.07, 6.45) is 1.53. The lowest BCUT2D eigenvalue weighted by Gasteiger charge is -2.08. The summed E-state index contributed by atoms with van der Waals surface area (Å²) in [5.41, 5.74) is 2.06. The molecule has 0 aliphatic carbocycles. The van der Waals surface area contributed by atoms with E-state index in [1.807, 2.05) is 25.1 Å². The van der Waals surface area contributed by atoms with Crippen LogP contribution in [0.4, 0.5) is 0 Å². The maximum absolute atomic E-state index is 12.6. The summed E-state index contributed by atoms with van der Waals surface area (Å²) in [4.78, 5) is 12.6. The Bertz CT molecular complexity index is 801. The molecule has 4 heteroatoms. The normalized spacial score (nSPS) is 10.8. The molecule has 4 nitrogen and oxygen atoms in total. The number of nitrogens with zero attached hydrogens (tertiary/aromatic N) is 1. The highest BCUT2D eigenvalue weighted by molar-refractivity contribution is 6.14. The van der Waals surface area contributed by atoms with E-state index >= 15 is 0 Å². The Morgan fingerprint density at radius 2 is 1.87 bits per heavy atom. The topological polar surface area (TPSA) is 59.3 Å². The van der Waals surface area contributed by atoms with Crippen molar-refractivity contribution in [3.8, 4) is 17.6 Å². The van der Waals surface area contributed by atoms with Gasteiger partial charge in [0.15, 0.2) is 0 Å². The van der Waals surface area contributed by atoms with Gasteiger partial charge in [0.1, 0.15) is 23.1 Å². The van der Waals surface area contributed by atoms with Crippen molar-refractivity contribution in [1.29, 1.82) is 5.26 Å². The fourth-order valence-electron chi connectivity index (χ4n) is 2.21. The van der Waals surface area contributed by atoms with Crippen LogP contribution in [-0.4, -0.2) is 20.0 Å². The third-order valence-electron chi connectivity index (χ3n) is 3.50. The van der Waals surface area contributed by atoms with Crippen LogP contribution in [0.15, 0.2) is 48.0 Å². The molecule has 23 heavy (non-hydrogen) atoms. The molecule has 0 atom stereocenters. The fourth-order valence-corrected chi connectivity index (χ4v) is 2.21. The van der Waals surface area contributed by atoms with Crippen LogP contribution in [0.3, 0.4) is 0 Å². The number of rotatable bonds is 5. The van der Waals surface area contributed by atoms with Crippen molar-refractivity contribution in [2.24, 2.45) is 0 Å². The minimum absolute atomic E-state index is 0.0581. The maximum Gasteiger partial charge on any atom is 0.203 e. The molecular formula is C19H17NO3. The molecule has 0 radical (unpaired) electrons. The van der Waals surface area contributed by atoms with Crippen molar-refractivity contribution in [3.63, 3.8) is 0 Å². The Balaban J connectivity index is 2.46. The maximum atomic E-state index is 12.6. The predicted molar refractivity (Wildman–Crippen MR) is 88.6 cm³/mol. The van der Waals surface area contributed by atoms with Crippen LogP contribution in [0.5, 0.6) is 11.5 Å². The molecule has 0 N–H and O–H groups in total. The lowest BCUT2D eigenvalue weighted by molar-refractivity contribution is 0.103. The van der Waals surface area contributed by atoms with Gasteiger partial charge in [-0.2, -0.15) is 5.26 Å². The minimum Gasteiger partial charge on any atom is -0.497 e. The van der Waals surface area contributed by atoms with Gasteiger partial charge in [0.25, 0.3) is 0 Å². The Labute approximate surface area is 135 Å². The highest BCUT2D eigenvalue weighted by Gasteiger charge is 2.15. The highest BCUT2D eigenvalue weighted by Crippen LogP contribution is 2.27. The number of allylic oxidation sites excluding steroid dienone is 1. The number of carbonyl (C=O) groups is 1. The molecule has 0 aliphatic rings. The molecule has 116 valence electrons. The Morgan fingerprint density at radius 3 is 2.48 bits per heavy atom. The van der Waals surface area contributed by atoms with E-state index in [1.165, 1.54) is 13.2 Å². The van der Waals surface area contributed by atoms with Crippen molar-refractivity contribution >= 4 is 11.9 Å². The summed E-state index contributed by atoms with van der Waals surface area (Å²) in [7, 11) is 3.09. The smallest absolute Gasteiger partial charge is 0.203 e. The SMILES string of the molecule is COc1ccc(/C=C(\C#N)C(=O)c2ccccc2C)c(OC)c1. The monoisotopic (exact) mass is 307 g/mol. The zero-order valence-corrected chi connectivity index (χ0v) is 13.3. The van der Waals surface area contributed by atoms with Crippen molar-refractivity contribution in [3.05, 3.63) is 64.7 Å². The Hall–Kier alpha value is -3.06. The zero-order valence-electron chi connectivity index (χ0n) is 13.3. The summed E-state index contributed by atoms with van der Waals surface area (Å²) in [6.45, 7) is 1.84. The molecule has 2 aromatic rings. The van der Waals surface area contributed by atoms with Crippen molar-refractivity contribution in [1.82, 2.24) is 0 Å². The number of carbonyl (C=O) groups excluding carboxylic acids is 1. The van der Waals surface area contributed by atoms with Gasteiger partial charge in [0.2, 0.25) is 5.78 Å². The van der Waals surface area contributed by atoms with E-state index in [1.54, 1.807) is 37.4 Å². The van der Waals surface area contributed by atoms with Crippen LogP contribution in [0, 0.1) is 18.3 Å². The molecule has 0 heterocycles. The van der Waals surface area contributed by atoms with Gasteiger partial charge in [-0.05, 0) is 30.7 Å². The van der Waals surface area contributed by atoms with Crippen LogP contribution < -0.4 is 9.47 Å². The van der Waals surface area contributed by atoms with E-state index in [4.69, 9.17) is 9.47 Å². The molecule has 2 rings (SSSR count). The summed E-state index contributed by atoms with van der Waals surface area (Å²) < 4.78 is 10.4. The molecule has 0 amide bonds. The largest absolute Gasteiger partial charge is 0.497 e. The van der Waals surface area contributed by atoms with Gasteiger partial charge in [-0.3, -0.25) is 4.79 Å². The number of benzene rings is 2. The first kappa shape index (κ1) is 16.3. The van der Waals surface area contributed by atoms with Crippen LogP contribution in [-0.2, 0) is 0 Å².